The Morgan fingerprint density at radius 3 is 1.78 bits per heavy atom. The second-order valence-electron chi connectivity index (χ2n) is 15.2. The van der Waals surface area contributed by atoms with Crippen LogP contribution in [0.3, 0.4) is 0 Å². The minimum Gasteiger partial charge on any atom is -0.456 e. The van der Waals surface area contributed by atoms with E-state index < -0.39 is 0 Å². The first-order chi connectivity index (χ1) is 29.3. The fourth-order valence-electron chi connectivity index (χ4n) is 9.15. The number of furan rings is 1. The third-order valence-electron chi connectivity index (χ3n) is 11.9. The molecule has 59 heavy (non-hydrogen) atoms. The van der Waals surface area contributed by atoms with E-state index in [4.69, 9.17) is 4.42 Å². The van der Waals surface area contributed by atoms with Crippen LogP contribution < -0.4 is 4.90 Å². The standard InChI is InChI=1S/C56H35NOS/c1-2-13-36(14-3-1)37-25-29-40(30-26-37)57(41-31-27-38(28-32-41)43-21-12-22-47-46-19-9-11-24-53(46)59-56(43)47)50-33-34-52-55(48-20-8-10-23-51(48)58-52)54(50)49-35-39-15-4-5-16-42(39)44-17-6-7-18-45(44)49/h1-35H. The topological polar surface area (TPSA) is 16.4 Å². The van der Waals surface area contributed by atoms with Crippen molar-refractivity contribution in [1.29, 1.82) is 0 Å². The molecule has 0 aliphatic rings. The number of benzene rings is 10. The monoisotopic (exact) mass is 769 g/mol. The number of anilines is 3. The van der Waals surface area contributed by atoms with E-state index in [0.717, 1.165) is 44.6 Å². The second kappa shape index (κ2) is 13.6. The Labute approximate surface area is 345 Å². The Morgan fingerprint density at radius 1 is 0.373 bits per heavy atom. The van der Waals surface area contributed by atoms with Crippen molar-refractivity contribution in [3.8, 4) is 33.4 Å². The van der Waals surface area contributed by atoms with Crippen LogP contribution in [0.2, 0.25) is 0 Å². The molecular formula is C56H35NOS. The van der Waals surface area contributed by atoms with Crippen molar-refractivity contribution in [3.63, 3.8) is 0 Å². The molecule has 12 aromatic rings. The zero-order valence-corrected chi connectivity index (χ0v) is 32.8. The van der Waals surface area contributed by atoms with Crippen LogP contribution in [0.25, 0.3) is 97.0 Å². The Kier molecular flexibility index (Phi) is 7.75. The molecule has 0 aliphatic heterocycles. The molecule has 0 fully saturated rings. The van der Waals surface area contributed by atoms with Gasteiger partial charge in [0.15, 0.2) is 0 Å². The van der Waals surface area contributed by atoms with Crippen LogP contribution in [0.5, 0.6) is 0 Å². The summed E-state index contributed by atoms with van der Waals surface area (Å²) in [7, 11) is 0. The summed E-state index contributed by atoms with van der Waals surface area (Å²) in [6.45, 7) is 0. The molecule has 0 aliphatic carbocycles. The molecule has 0 unspecified atom stereocenters. The molecule has 0 N–H and O–H groups in total. The SMILES string of the molecule is c1ccc(-c2ccc(N(c3ccc(-c4cccc5c4sc4ccccc45)cc3)c3ccc4oc5ccccc5c4c3-c3cc4ccccc4c4ccccc34)cc2)cc1. The summed E-state index contributed by atoms with van der Waals surface area (Å²) in [4.78, 5) is 2.43. The molecule has 2 heterocycles. The van der Waals surface area contributed by atoms with Crippen LogP contribution in [0.15, 0.2) is 217 Å². The molecule has 0 amide bonds. The molecule has 0 saturated heterocycles. The van der Waals surface area contributed by atoms with Gasteiger partial charge in [-0.1, -0.05) is 158 Å². The first kappa shape index (κ1) is 33.7. The predicted octanol–water partition coefficient (Wildman–Crippen LogP) is 16.7. The van der Waals surface area contributed by atoms with Gasteiger partial charge in [-0.2, -0.15) is 0 Å². The van der Waals surface area contributed by atoms with Crippen LogP contribution in [0, 0.1) is 0 Å². The fraction of sp³-hybridized carbons (Fsp3) is 0. The fourth-order valence-corrected chi connectivity index (χ4v) is 10.4. The Hall–Kier alpha value is -7.46. The summed E-state index contributed by atoms with van der Waals surface area (Å²) in [5.41, 5.74) is 12.1. The number of fused-ring (bicyclic) bond motifs is 9. The zero-order chi connectivity index (χ0) is 38.9. The largest absolute Gasteiger partial charge is 0.456 e. The maximum absolute atomic E-state index is 6.63. The lowest BCUT2D eigenvalue weighted by molar-refractivity contribution is 0.669. The van der Waals surface area contributed by atoms with Crippen LogP contribution in [0.4, 0.5) is 17.1 Å². The molecule has 2 nitrogen and oxygen atoms in total. The summed E-state index contributed by atoms with van der Waals surface area (Å²) in [5.74, 6) is 0. The second-order valence-corrected chi connectivity index (χ2v) is 16.2. The lowest BCUT2D eigenvalue weighted by atomic mass is 9.89. The van der Waals surface area contributed by atoms with Gasteiger partial charge < -0.3 is 9.32 Å². The van der Waals surface area contributed by atoms with E-state index in [-0.39, 0.29) is 0 Å². The molecule has 0 spiro atoms. The molecule has 2 aromatic heterocycles. The summed E-state index contributed by atoms with van der Waals surface area (Å²) in [6, 6.07) is 77.0. The predicted molar refractivity (Wildman–Crippen MR) is 253 cm³/mol. The molecule has 0 radical (unpaired) electrons. The van der Waals surface area contributed by atoms with Gasteiger partial charge in [0.1, 0.15) is 11.2 Å². The average molecular weight is 770 g/mol. The Balaban J connectivity index is 1.12. The van der Waals surface area contributed by atoms with Crippen LogP contribution in [-0.4, -0.2) is 0 Å². The molecule has 3 heteroatoms. The normalized spacial score (nSPS) is 11.7. The summed E-state index contributed by atoms with van der Waals surface area (Å²) in [6.07, 6.45) is 0. The van der Waals surface area contributed by atoms with Gasteiger partial charge in [-0.15, -0.1) is 11.3 Å². The van der Waals surface area contributed by atoms with Gasteiger partial charge >= 0.3 is 0 Å². The third-order valence-corrected chi connectivity index (χ3v) is 13.1. The van der Waals surface area contributed by atoms with Crippen molar-refractivity contribution >= 4 is 92.1 Å². The van der Waals surface area contributed by atoms with E-state index in [2.05, 4.69) is 217 Å². The van der Waals surface area contributed by atoms with Gasteiger partial charge in [-0.05, 0) is 104 Å². The molecule has 0 bridgehead atoms. The number of nitrogens with zero attached hydrogens (tertiary/aromatic N) is 1. The van der Waals surface area contributed by atoms with Crippen molar-refractivity contribution in [3.05, 3.63) is 212 Å². The Bertz CT molecular complexity index is 3540. The number of hydrogen-bond acceptors (Lipinski definition) is 3. The third kappa shape index (κ3) is 5.47. The molecule has 0 atom stereocenters. The van der Waals surface area contributed by atoms with Gasteiger partial charge in [-0.3, -0.25) is 0 Å². The number of thiophene rings is 1. The van der Waals surface area contributed by atoms with Crippen molar-refractivity contribution in [2.45, 2.75) is 0 Å². The van der Waals surface area contributed by atoms with E-state index in [0.29, 0.717) is 0 Å². The maximum Gasteiger partial charge on any atom is 0.136 e. The van der Waals surface area contributed by atoms with Crippen molar-refractivity contribution < 1.29 is 4.42 Å². The Morgan fingerprint density at radius 2 is 0.983 bits per heavy atom. The van der Waals surface area contributed by atoms with Crippen molar-refractivity contribution in [1.82, 2.24) is 0 Å². The summed E-state index contributed by atoms with van der Waals surface area (Å²) < 4.78 is 9.26. The molecule has 0 saturated carbocycles. The summed E-state index contributed by atoms with van der Waals surface area (Å²) >= 11 is 1.87. The average Bonchev–Trinajstić information content (AvgIpc) is 3.89. The van der Waals surface area contributed by atoms with Crippen molar-refractivity contribution in [2.75, 3.05) is 4.90 Å². The van der Waals surface area contributed by atoms with Gasteiger partial charge in [-0.25, -0.2) is 0 Å². The highest BCUT2D eigenvalue weighted by Crippen LogP contribution is 2.50. The van der Waals surface area contributed by atoms with E-state index >= 15 is 0 Å². The first-order valence-corrected chi connectivity index (χ1v) is 20.9. The van der Waals surface area contributed by atoms with Crippen molar-refractivity contribution in [2.24, 2.45) is 0 Å². The highest BCUT2D eigenvalue weighted by molar-refractivity contribution is 7.26. The van der Waals surface area contributed by atoms with Gasteiger partial charge in [0.2, 0.25) is 0 Å². The quantitative estimate of drug-likeness (QED) is 0.157. The number of hydrogen-bond donors (Lipinski definition) is 0. The highest BCUT2D eigenvalue weighted by Gasteiger charge is 2.25. The first-order valence-electron chi connectivity index (χ1n) is 20.1. The lowest BCUT2D eigenvalue weighted by Crippen LogP contribution is -2.11. The van der Waals surface area contributed by atoms with Gasteiger partial charge in [0, 0.05) is 47.9 Å². The van der Waals surface area contributed by atoms with Crippen LogP contribution >= 0.6 is 11.3 Å². The number of para-hydroxylation sites is 1. The van der Waals surface area contributed by atoms with E-state index in [1.165, 1.54) is 69.5 Å². The summed E-state index contributed by atoms with van der Waals surface area (Å²) in [5, 5.41) is 9.71. The highest BCUT2D eigenvalue weighted by atomic mass is 32.1. The maximum atomic E-state index is 6.63. The van der Waals surface area contributed by atoms with Crippen LogP contribution in [0.1, 0.15) is 0 Å². The molecular weight excluding hydrogens is 735 g/mol. The minimum atomic E-state index is 0.869. The van der Waals surface area contributed by atoms with E-state index in [1.807, 2.05) is 11.3 Å². The lowest BCUT2D eigenvalue weighted by Gasteiger charge is -2.29. The molecule has 12 rings (SSSR count). The van der Waals surface area contributed by atoms with Gasteiger partial charge in [0.05, 0.1) is 5.69 Å². The number of rotatable bonds is 6. The minimum absolute atomic E-state index is 0.869. The van der Waals surface area contributed by atoms with Gasteiger partial charge in [0.25, 0.3) is 0 Å². The molecule has 10 aromatic carbocycles. The smallest absolute Gasteiger partial charge is 0.136 e. The van der Waals surface area contributed by atoms with E-state index in [9.17, 15) is 0 Å². The van der Waals surface area contributed by atoms with Crippen LogP contribution in [-0.2, 0) is 0 Å². The molecule has 276 valence electrons. The zero-order valence-electron chi connectivity index (χ0n) is 32.0. The van der Waals surface area contributed by atoms with E-state index in [1.54, 1.807) is 0 Å².